The molecule has 0 bridgehead atoms. The number of ether oxygens (including phenoxy) is 2. The number of carbonyl (C=O) groups excluding carboxylic acids is 3. The van der Waals surface area contributed by atoms with E-state index in [-0.39, 0.29) is 48.4 Å². The molecule has 0 spiro atoms. The topological polar surface area (TPSA) is 197 Å². The van der Waals surface area contributed by atoms with Gasteiger partial charge in [0.25, 0.3) is 5.91 Å². The van der Waals surface area contributed by atoms with Crippen LogP contribution >= 0.6 is 0 Å². The van der Waals surface area contributed by atoms with Crippen LogP contribution in [0, 0.1) is 17.8 Å². The van der Waals surface area contributed by atoms with Crippen LogP contribution in [0.25, 0.3) is 10.8 Å². The number of fused-ring (bicyclic) bond motifs is 3. The summed E-state index contributed by atoms with van der Waals surface area (Å²) in [5.74, 6) is -4.42. The van der Waals surface area contributed by atoms with Crippen molar-refractivity contribution in [3.8, 4) is 11.8 Å². The number of alkyl halides is 3. The molecule has 2 saturated carbocycles. The van der Waals surface area contributed by atoms with Gasteiger partial charge in [0.15, 0.2) is 0 Å². The van der Waals surface area contributed by atoms with Gasteiger partial charge in [0.1, 0.15) is 29.3 Å². The summed E-state index contributed by atoms with van der Waals surface area (Å²) in [6.07, 6.45) is -2.85. The molecule has 7 atom stereocenters. The van der Waals surface area contributed by atoms with E-state index in [4.69, 9.17) is 9.47 Å². The van der Waals surface area contributed by atoms with Crippen molar-refractivity contribution in [1.82, 2.24) is 30.0 Å². The molecule has 3 heterocycles. The molecule has 3 N–H and O–H groups in total. The SMILES string of the molecule is COc1nnc(O[C@@H]2C[C@H]3C(=O)N[C@]4(C(=O)NS(=O)(=O)C5CC5)C[C@H]4C=CCC[C@@H](C)C[C@@H](C)[C@H](N(C(=O)O)C(C)(C)C(F)(F)F)C(=O)N3C2)c2ccccc12. The van der Waals surface area contributed by atoms with Gasteiger partial charge in [-0.15, -0.1) is 10.2 Å². The molecule has 306 valence electrons. The lowest BCUT2D eigenvalue weighted by molar-refractivity contribution is -0.222. The average molecular weight is 809 g/mol. The van der Waals surface area contributed by atoms with E-state index in [9.17, 15) is 45.9 Å². The van der Waals surface area contributed by atoms with Crippen LogP contribution in [0.1, 0.15) is 72.6 Å². The van der Waals surface area contributed by atoms with Crippen LogP contribution in [-0.4, -0.2) is 112 Å². The third-order valence-electron chi connectivity index (χ3n) is 11.4. The van der Waals surface area contributed by atoms with Crippen molar-refractivity contribution in [3.05, 3.63) is 36.4 Å². The molecule has 4 aliphatic rings. The Balaban J connectivity index is 1.42. The van der Waals surface area contributed by atoms with Crippen molar-refractivity contribution in [3.63, 3.8) is 0 Å². The minimum Gasteiger partial charge on any atom is -0.479 e. The summed E-state index contributed by atoms with van der Waals surface area (Å²) in [4.78, 5) is 57.2. The lowest BCUT2D eigenvalue weighted by Crippen LogP contribution is -2.66. The van der Waals surface area contributed by atoms with E-state index in [0.717, 1.165) is 4.90 Å². The molecule has 15 nitrogen and oxygen atoms in total. The van der Waals surface area contributed by atoms with Crippen LogP contribution in [0.5, 0.6) is 11.8 Å². The molecule has 1 aromatic carbocycles. The quantitative estimate of drug-likeness (QED) is 0.324. The first-order valence-corrected chi connectivity index (χ1v) is 20.2. The summed E-state index contributed by atoms with van der Waals surface area (Å²) < 4.78 is 83.4. The van der Waals surface area contributed by atoms with Gasteiger partial charge in [-0.1, -0.05) is 38.1 Å². The Kier molecular flexibility index (Phi) is 11.0. The molecular weight excluding hydrogens is 762 g/mol. The summed E-state index contributed by atoms with van der Waals surface area (Å²) >= 11 is 0. The van der Waals surface area contributed by atoms with Crippen molar-refractivity contribution in [2.75, 3.05) is 13.7 Å². The van der Waals surface area contributed by atoms with Crippen molar-refractivity contribution in [1.29, 1.82) is 0 Å². The standard InChI is InChI=1S/C37H47F3N6O9S/c1-20-10-6-7-11-22-18-36(22,33(49)44-56(52,53)24-14-15-24)41-29(47)27-17-23(55-31-26-13-9-8-12-25(26)30(54-5)42-43-31)19-45(27)32(48)28(21(2)16-20)46(34(50)51)35(3,4)37(38,39)40/h7-9,11-13,20-24,27-28H,6,10,14-19H2,1-5H3,(H,41,47)(H,44,49)(H,50,51)/t20-,21-,22-,23-,27+,28+,36-/m1/s1. The minimum absolute atomic E-state index is 0.0135. The van der Waals surface area contributed by atoms with Gasteiger partial charge in [-0.25, -0.2) is 13.2 Å². The van der Waals surface area contributed by atoms with Crippen LogP contribution in [0.2, 0.25) is 0 Å². The van der Waals surface area contributed by atoms with Crippen LogP contribution in [-0.2, 0) is 24.4 Å². The van der Waals surface area contributed by atoms with E-state index in [1.54, 1.807) is 36.4 Å². The number of aromatic nitrogens is 2. The van der Waals surface area contributed by atoms with Crippen LogP contribution in [0.15, 0.2) is 36.4 Å². The molecule has 56 heavy (non-hydrogen) atoms. The number of methoxy groups -OCH3 is 1. The second kappa shape index (κ2) is 15.0. The minimum atomic E-state index is -5.10. The number of sulfonamides is 1. The molecule has 1 aromatic heterocycles. The highest BCUT2D eigenvalue weighted by atomic mass is 32.2. The van der Waals surface area contributed by atoms with E-state index in [1.165, 1.54) is 14.0 Å². The summed E-state index contributed by atoms with van der Waals surface area (Å²) in [6, 6.07) is 3.48. The van der Waals surface area contributed by atoms with Crippen molar-refractivity contribution < 1.29 is 55.3 Å². The number of carbonyl (C=O) groups is 4. The second-order valence-electron chi connectivity index (χ2n) is 16.0. The molecule has 0 radical (unpaired) electrons. The van der Waals surface area contributed by atoms with Gasteiger partial charge < -0.3 is 24.8 Å². The number of nitrogens with one attached hydrogen (secondary N) is 2. The van der Waals surface area contributed by atoms with Crippen molar-refractivity contribution in [2.45, 2.75) is 113 Å². The summed E-state index contributed by atoms with van der Waals surface area (Å²) in [6.45, 7) is 4.35. The fourth-order valence-electron chi connectivity index (χ4n) is 7.94. The summed E-state index contributed by atoms with van der Waals surface area (Å²) in [7, 11) is -2.61. The normalized spacial score (nSPS) is 29.0. The number of nitrogens with zero attached hydrogens (tertiary/aromatic N) is 4. The predicted molar refractivity (Wildman–Crippen MR) is 195 cm³/mol. The van der Waals surface area contributed by atoms with E-state index in [1.807, 2.05) is 6.92 Å². The number of rotatable bonds is 8. The summed E-state index contributed by atoms with van der Waals surface area (Å²) in [5.41, 5.74) is -4.74. The molecule has 19 heteroatoms. The molecule has 6 rings (SSSR count). The zero-order valence-corrected chi connectivity index (χ0v) is 32.5. The van der Waals surface area contributed by atoms with Gasteiger partial charge >= 0.3 is 12.3 Å². The fraction of sp³-hybridized carbons (Fsp3) is 0.622. The number of carboxylic acid groups (broad SMARTS) is 1. The van der Waals surface area contributed by atoms with Crippen molar-refractivity contribution in [2.24, 2.45) is 17.8 Å². The van der Waals surface area contributed by atoms with Crippen LogP contribution in [0.3, 0.4) is 0 Å². The number of hydrogen-bond donors (Lipinski definition) is 3. The second-order valence-corrected chi connectivity index (χ2v) is 17.9. The molecule has 2 aliphatic heterocycles. The number of halogens is 3. The third-order valence-corrected chi connectivity index (χ3v) is 13.3. The lowest BCUT2D eigenvalue weighted by Gasteiger charge is -2.45. The lowest BCUT2D eigenvalue weighted by atomic mass is 9.85. The Bertz CT molecular complexity index is 2030. The Morgan fingerprint density at radius 2 is 1.70 bits per heavy atom. The number of amides is 4. The van der Waals surface area contributed by atoms with Gasteiger partial charge in [-0.3, -0.25) is 24.0 Å². The first kappa shape index (κ1) is 41.0. The highest BCUT2D eigenvalue weighted by Gasteiger charge is 2.63. The zero-order chi connectivity index (χ0) is 41.0. The molecule has 3 fully saturated rings. The highest BCUT2D eigenvalue weighted by molar-refractivity contribution is 7.91. The maximum Gasteiger partial charge on any atom is 0.411 e. The number of benzene rings is 1. The van der Waals surface area contributed by atoms with Gasteiger partial charge in [-0.2, -0.15) is 13.2 Å². The van der Waals surface area contributed by atoms with Crippen molar-refractivity contribution >= 4 is 44.6 Å². The monoisotopic (exact) mass is 808 g/mol. The average Bonchev–Trinajstić information content (AvgIpc) is 4.04. The fourth-order valence-corrected chi connectivity index (χ4v) is 9.30. The van der Waals surface area contributed by atoms with Gasteiger partial charge in [0.05, 0.1) is 29.7 Å². The molecule has 2 aliphatic carbocycles. The Hall–Kier alpha value is -4.68. The number of hydrogen-bond acceptors (Lipinski definition) is 10. The van der Waals surface area contributed by atoms with Gasteiger partial charge in [0, 0.05) is 12.3 Å². The first-order chi connectivity index (χ1) is 26.2. The van der Waals surface area contributed by atoms with E-state index in [0.29, 0.717) is 50.3 Å². The zero-order valence-electron chi connectivity index (χ0n) is 31.7. The Morgan fingerprint density at radius 1 is 1.05 bits per heavy atom. The highest BCUT2D eigenvalue weighted by Crippen LogP contribution is 2.47. The molecule has 2 aromatic rings. The maximum atomic E-state index is 14.9. The van der Waals surface area contributed by atoms with E-state index < -0.39 is 86.4 Å². The summed E-state index contributed by atoms with van der Waals surface area (Å²) in [5, 5.41) is 21.6. The molecular formula is C37H47F3N6O9S. The predicted octanol–water partition coefficient (Wildman–Crippen LogP) is 4.17. The van der Waals surface area contributed by atoms with Crippen LogP contribution < -0.4 is 19.5 Å². The van der Waals surface area contributed by atoms with Gasteiger partial charge in [0.2, 0.25) is 33.6 Å². The third kappa shape index (κ3) is 7.82. The van der Waals surface area contributed by atoms with E-state index >= 15 is 0 Å². The molecule has 0 unspecified atom stereocenters. The largest absolute Gasteiger partial charge is 0.479 e. The molecule has 1 saturated heterocycles. The Labute approximate surface area is 322 Å². The van der Waals surface area contributed by atoms with Crippen LogP contribution in [0.4, 0.5) is 18.0 Å². The van der Waals surface area contributed by atoms with E-state index in [2.05, 4.69) is 20.2 Å². The van der Waals surface area contributed by atoms with Gasteiger partial charge in [-0.05, 0) is 76.3 Å². The smallest absolute Gasteiger partial charge is 0.411 e. The maximum absolute atomic E-state index is 14.9. The number of allylic oxidation sites excluding steroid dienone is 1. The Morgan fingerprint density at radius 3 is 2.30 bits per heavy atom. The molecule has 4 amide bonds. The first-order valence-electron chi connectivity index (χ1n) is 18.6.